The zero-order chi connectivity index (χ0) is 48.5. The number of hydrogen-bond donors (Lipinski definition) is 5. The Morgan fingerprint density at radius 2 is 0.750 bits per heavy atom. The zero-order valence-corrected chi connectivity index (χ0v) is 40.0. The number of nitrogens with one attached hydrogen (secondary N) is 1. The summed E-state index contributed by atoms with van der Waals surface area (Å²) in [5, 5.41) is 0. The van der Waals surface area contributed by atoms with Crippen LogP contribution in [-0.4, -0.2) is 95.6 Å². The molecule has 0 radical (unpaired) electrons. The van der Waals surface area contributed by atoms with Crippen LogP contribution in [0, 0.1) is 0 Å². The summed E-state index contributed by atoms with van der Waals surface area (Å²) in [6.45, 7) is 0. The minimum absolute atomic E-state index is 0.0833. The molecular weight excluding hydrogens is 1030 g/mol. The first-order chi connectivity index (χ1) is 32.1. The van der Waals surface area contributed by atoms with Gasteiger partial charge in [0.2, 0.25) is 0 Å². The first-order valence-electron chi connectivity index (χ1n) is 19.7. The van der Waals surface area contributed by atoms with Crippen LogP contribution >= 0.6 is 0 Å². The Bertz CT molecular complexity index is 3720. The number of hydrogen-bond acceptors (Lipinski definition) is 12. The van der Waals surface area contributed by atoms with Crippen molar-refractivity contribution in [3.63, 3.8) is 0 Å². The number of ether oxygens (including phenoxy) is 2. The summed E-state index contributed by atoms with van der Waals surface area (Å²) in [5.74, 6) is 0.167. The fraction of sp³-hybridized carbons (Fsp3) is 0.0435. The van der Waals surface area contributed by atoms with Gasteiger partial charge in [0.25, 0.3) is 0 Å². The summed E-state index contributed by atoms with van der Waals surface area (Å²) < 4.78 is 150. The molecule has 8 bridgehead atoms. The van der Waals surface area contributed by atoms with Crippen molar-refractivity contribution in [2.24, 2.45) is 0 Å². The second-order valence-electron chi connectivity index (χ2n) is 15.1. The van der Waals surface area contributed by atoms with Gasteiger partial charge in [-0.25, -0.2) is 0 Å². The van der Waals surface area contributed by atoms with E-state index in [1.54, 1.807) is 36.4 Å². The number of rotatable bonds is 10. The molecule has 4 aromatic carbocycles. The standard InChI is InChI=1S/C46H33N3O14S4Se/c1-62-39-23-29(66(56,57)58)11-13-31(39)45-37-19-17-35(48-37)43(25-3-7-27(8-4-25)64(50,51)52)33-15-16-34(47-33)44(26-5-9-28(10-6-26)65(53,54)55)36-18-20-38(49-36)46(42-22-21-41(45)68-42)32-14-12-30(67(59,60)61)24-40(32)63-2/h3-24,47H,1-2H3,(H,50,51,52)(H,53,54,55)(H,56,57,58)(H,59,60,61). The molecule has 7 aromatic rings. The van der Waals surface area contributed by atoms with Crippen LogP contribution in [-0.2, 0) is 40.5 Å². The first-order valence-corrected chi connectivity index (χ1v) is 27.1. The molecular formula is C46H33N3O14S4Se. The number of nitrogens with zero attached hydrogens (tertiary/aromatic N) is 2. The van der Waals surface area contributed by atoms with E-state index in [9.17, 15) is 51.9 Å². The minimum atomic E-state index is -4.66. The Labute approximate surface area is 394 Å². The van der Waals surface area contributed by atoms with E-state index in [0.717, 1.165) is 0 Å². The third kappa shape index (κ3) is 8.85. The molecule has 0 fully saturated rings. The molecule has 68 heavy (non-hydrogen) atoms. The van der Waals surface area contributed by atoms with Gasteiger partial charge in [0.05, 0.1) is 0 Å². The van der Waals surface area contributed by atoms with E-state index in [-0.39, 0.29) is 21.3 Å². The Morgan fingerprint density at radius 3 is 1.07 bits per heavy atom. The Kier molecular flexibility index (Phi) is 11.8. The van der Waals surface area contributed by atoms with Crippen LogP contribution in [0.4, 0.5) is 0 Å². The van der Waals surface area contributed by atoms with Gasteiger partial charge >= 0.3 is 397 Å². The van der Waals surface area contributed by atoms with E-state index in [1.807, 2.05) is 12.1 Å². The maximum atomic E-state index is 12.3. The molecule has 2 aliphatic rings. The van der Waals surface area contributed by atoms with E-state index in [2.05, 4.69) is 4.98 Å². The van der Waals surface area contributed by atoms with Gasteiger partial charge in [-0.1, -0.05) is 0 Å². The number of benzene rings is 4. The zero-order valence-electron chi connectivity index (χ0n) is 35.0. The van der Waals surface area contributed by atoms with Crippen molar-refractivity contribution >= 4 is 98.8 Å². The molecule has 3 aromatic heterocycles. The van der Waals surface area contributed by atoms with Crippen molar-refractivity contribution in [3.8, 4) is 56.0 Å². The maximum absolute atomic E-state index is 12.3. The Hall–Kier alpha value is -6.56. The van der Waals surface area contributed by atoms with Crippen molar-refractivity contribution in [1.29, 1.82) is 0 Å². The second kappa shape index (κ2) is 17.2. The summed E-state index contributed by atoms with van der Waals surface area (Å²) in [5.41, 5.74) is 6.21. The van der Waals surface area contributed by atoms with Crippen LogP contribution in [0.15, 0.2) is 129 Å². The topological polar surface area (TPSA) is 278 Å². The fourth-order valence-corrected chi connectivity index (χ4v) is 12.3. The van der Waals surface area contributed by atoms with Crippen LogP contribution in [0.25, 0.3) is 88.4 Å². The van der Waals surface area contributed by atoms with Crippen LogP contribution in [0.5, 0.6) is 11.5 Å². The Morgan fingerprint density at radius 1 is 0.426 bits per heavy atom. The summed E-state index contributed by atoms with van der Waals surface area (Å²) >= 11 is -0.665. The summed E-state index contributed by atoms with van der Waals surface area (Å²) in [6.07, 6.45) is 6.95. The van der Waals surface area contributed by atoms with E-state index in [1.165, 1.54) is 99.1 Å². The average Bonchev–Trinajstić information content (AvgIpc) is 4.14. The van der Waals surface area contributed by atoms with Crippen molar-refractivity contribution in [2.45, 2.75) is 19.6 Å². The van der Waals surface area contributed by atoms with Crippen LogP contribution < -0.4 is 9.47 Å². The molecule has 22 heteroatoms. The van der Waals surface area contributed by atoms with Gasteiger partial charge < -0.3 is 0 Å². The van der Waals surface area contributed by atoms with Gasteiger partial charge in [-0.2, -0.15) is 0 Å². The molecule has 0 spiro atoms. The van der Waals surface area contributed by atoms with E-state index in [0.29, 0.717) is 86.8 Å². The predicted molar refractivity (Wildman–Crippen MR) is 256 cm³/mol. The molecule has 0 atom stereocenters. The fourth-order valence-electron chi connectivity index (χ4n) is 7.92. The van der Waals surface area contributed by atoms with Crippen molar-refractivity contribution in [1.82, 2.24) is 15.0 Å². The van der Waals surface area contributed by atoms with Gasteiger partial charge in [0.1, 0.15) is 0 Å². The number of H-pyrrole nitrogens is 1. The van der Waals surface area contributed by atoms with Crippen molar-refractivity contribution < 1.29 is 61.4 Å². The predicted octanol–water partition coefficient (Wildman–Crippen LogP) is 8.06. The van der Waals surface area contributed by atoms with E-state index < -0.39 is 64.8 Å². The van der Waals surface area contributed by atoms with Gasteiger partial charge in [-0.05, 0) is 0 Å². The van der Waals surface area contributed by atoms with Gasteiger partial charge in [0.15, 0.2) is 0 Å². The molecule has 5 heterocycles. The van der Waals surface area contributed by atoms with Gasteiger partial charge in [-0.3, -0.25) is 0 Å². The molecule has 5 N–H and O–H groups in total. The number of methoxy groups -OCH3 is 2. The average molecular weight is 1060 g/mol. The normalized spacial score (nSPS) is 12.9. The molecule has 2 aliphatic heterocycles. The molecule has 0 saturated carbocycles. The van der Waals surface area contributed by atoms with Crippen LogP contribution in [0.2, 0.25) is 0 Å². The molecule has 0 saturated heterocycles. The SMILES string of the molecule is COc1cc(S(=O)(=O)O)ccc1-c1c2nc(c(-c3ccc(S(=O)(=O)O)cc3)c3ccc([nH]3)c(-c3ccc(S(=O)(=O)O)cc3)c3nc(c(-c4ccc(S(=O)(=O)O)cc4OC)c4ccc1[se]4)C=C3)C=C2. The molecule has 17 nitrogen and oxygen atoms in total. The summed E-state index contributed by atoms with van der Waals surface area (Å²) in [7, 11) is -15.8. The number of aromatic nitrogens is 3. The molecule has 0 aliphatic carbocycles. The first kappa shape index (κ1) is 46.5. The molecule has 346 valence electrons. The van der Waals surface area contributed by atoms with E-state index >= 15 is 0 Å². The Balaban J connectivity index is 1.48. The third-order valence-corrected chi connectivity index (χ3v) is 16.8. The van der Waals surface area contributed by atoms with Crippen LogP contribution in [0.3, 0.4) is 0 Å². The monoisotopic (exact) mass is 1060 g/mol. The third-order valence-electron chi connectivity index (χ3n) is 11.0. The molecule has 9 rings (SSSR count). The van der Waals surface area contributed by atoms with Crippen molar-refractivity contribution in [3.05, 3.63) is 132 Å². The van der Waals surface area contributed by atoms with Crippen LogP contribution in [0.1, 0.15) is 22.8 Å². The number of fused-ring (bicyclic) bond motifs is 8. The summed E-state index contributed by atoms with van der Waals surface area (Å²) in [4.78, 5) is 12.2. The van der Waals surface area contributed by atoms with Gasteiger partial charge in [0, 0.05) is 0 Å². The second-order valence-corrected chi connectivity index (χ2v) is 23.0. The quantitative estimate of drug-likeness (QED) is 0.0640. The molecule has 0 unspecified atom stereocenters. The number of aromatic amines is 1. The van der Waals surface area contributed by atoms with Crippen molar-refractivity contribution in [2.75, 3.05) is 14.2 Å². The molecule has 0 amide bonds. The summed E-state index contributed by atoms with van der Waals surface area (Å²) in [6, 6.07) is 26.0. The van der Waals surface area contributed by atoms with Gasteiger partial charge in [-0.15, -0.1) is 0 Å². The van der Waals surface area contributed by atoms with E-state index in [4.69, 9.17) is 19.4 Å².